The van der Waals surface area contributed by atoms with Crippen LogP contribution in [0.3, 0.4) is 0 Å². The van der Waals surface area contributed by atoms with Gasteiger partial charge in [-0.15, -0.1) is 0 Å². The van der Waals surface area contributed by atoms with Crippen molar-refractivity contribution in [2.75, 3.05) is 17.4 Å². The summed E-state index contributed by atoms with van der Waals surface area (Å²) >= 11 is 6.36. The predicted octanol–water partition coefficient (Wildman–Crippen LogP) is 1.10. The van der Waals surface area contributed by atoms with Crippen molar-refractivity contribution in [2.24, 2.45) is 0 Å². The number of amides is 1. The van der Waals surface area contributed by atoms with Crippen molar-refractivity contribution in [3.63, 3.8) is 0 Å². The first-order chi connectivity index (χ1) is 13.0. The van der Waals surface area contributed by atoms with Gasteiger partial charge in [-0.05, 0) is 25.3 Å². The molecule has 3 N–H and O–H groups in total. The number of hydrogen-bond donors (Lipinski definition) is 3. The third-order valence-corrected chi connectivity index (χ3v) is 5.58. The minimum Gasteiger partial charge on any atom is -0.335 e. The number of H-pyrrole nitrogens is 1. The highest BCUT2D eigenvalue weighted by Gasteiger charge is 2.48. The van der Waals surface area contributed by atoms with E-state index in [1.807, 2.05) is 0 Å². The second kappa shape index (κ2) is 5.43. The zero-order valence-corrected chi connectivity index (χ0v) is 15.0. The molecule has 1 spiro atoms. The Morgan fingerprint density at radius 3 is 2.85 bits per heavy atom. The van der Waals surface area contributed by atoms with Gasteiger partial charge >= 0.3 is 0 Å². The van der Waals surface area contributed by atoms with Crippen molar-refractivity contribution in [3.8, 4) is 0 Å². The molecule has 10 nitrogen and oxygen atoms in total. The van der Waals surface area contributed by atoms with Crippen LogP contribution < -0.4 is 21.2 Å². The van der Waals surface area contributed by atoms with Gasteiger partial charge in [-0.25, -0.2) is 14.6 Å². The van der Waals surface area contributed by atoms with Crippen molar-refractivity contribution in [1.29, 1.82) is 0 Å². The van der Waals surface area contributed by atoms with Gasteiger partial charge in [-0.3, -0.25) is 19.7 Å². The third kappa shape index (κ3) is 2.16. The highest BCUT2D eigenvalue weighted by molar-refractivity contribution is 6.34. The lowest BCUT2D eigenvalue weighted by molar-refractivity contribution is 0.0700. The van der Waals surface area contributed by atoms with Crippen LogP contribution in [0.1, 0.15) is 29.8 Å². The molecule has 0 unspecified atom stereocenters. The Bertz CT molecular complexity index is 1150. The molecule has 1 aliphatic heterocycles. The Labute approximate surface area is 157 Å². The summed E-state index contributed by atoms with van der Waals surface area (Å²) in [6, 6.07) is 1.44. The molecule has 1 amide bonds. The normalized spacial score (nSPS) is 17.6. The smallest absolute Gasteiger partial charge is 0.293 e. The molecule has 0 bridgehead atoms. The average Bonchev–Trinajstić information content (AvgIpc) is 3.09. The van der Waals surface area contributed by atoms with Crippen molar-refractivity contribution in [2.45, 2.75) is 24.9 Å². The van der Waals surface area contributed by atoms with Crippen LogP contribution in [0.25, 0.3) is 11.0 Å². The van der Waals surface area contributed by atoms with Gasteiger partial charge in [0.15, 0.2) is 5.65 Å². The number of aromatic amines is 1. The summed E-state index contributed by atoms with van der Waals surface area (Å²) in [6.07, 6.45) is 5.47. The van der Waals surface area contributed by atoms with Crippen molar-refractivity contribution in [1.82, 2.24) is 30.2 Å². The molecule has 0 aromatic carbocycles. The fourth-order valence-electron chi connectivity index (χ4n) is 3.65. The molecule has 138 valence electrons. The zero-order chi connectivity index (χ0) is 18.8. The Kier molecular flexibility index (Phi) is 3.23. The summed E-state index contributed by atoms with van der Waals surface area (Å²) in [5, 5.41) is 15.2. The number of nitrogens with zero attached hydrogens (tertiary/aromatic N) is 5. The van der Waals surface area contributed by atoms with E-state index in [4.69, 9.17) is 11.6 Å². The Balaban J connectivity index is 1.66. The van der Waals surface area contributed by atoms with E-state index in [1.165, 1.54) is 17.1 Å². The first kappa shape index (κ1) is 16.1. The third-order valence-electron chi connectivity index (χ3n) is 5.29. The van der Waals surface area contributed by atoms with Gasteiger partial charge in [0.05, 0.1) is 16.6 Å². The highest BCUT2D eigenvalue weighted by Crippen LogP contribution is 2.37. The van der Waals surface area contributed by atoms with Gasteiger partial charge in [0.1, 0.15) is 29.2 Å². The van der Waals surface area contributed by atoms with Crippen LogP contribution in [-0.4, -0.2) is 43.5 Å². The van der Waals surface area contributed by atoms with Gasteiger partial charge in [0.25, 0.3) is 11.5 Å². The lowest BCUT2D eigenvalue weighted by Gasteiger charge is -2.53. The van der Waals surface area contributed by atoms with Crippen molar-refractivity contribution in [3.05, 3.63) is 39.7 Å². The number of halogens is 1. The predicted molar refractivity (Wildman–Crippen MR) is 98.9 cm³/mol. The fourth-order valence-corrected chi connectivity index (χ4v) is 3.92. The number of rotatable bonds is 2. The molecule has 5 rings (SSSR count). The second-order valence-electron chi connectivity index (χ2n) is 6.71. The number of anilines is 2. The number of aromatic nitrogens is 5. The Morgan fingerprint density at radius 1 is 1.30 bits per heavy atom. The first-order valence-corrected chi connectivity index (χ1v) is 8.81. The highest BCUT2D eigenvalue weighted by atomic mass is 35.5. The molecule has 1 aliphatic carbocycles. The van der Waals surface area contributed by atoms with E-state index in [1.54, 1.807) is 18.3 Å². The monoisotopic (exact) mass is 386 g/mol. The summed E-state index contributed by atoms with van der Waals surface area (Å²) in [7, 11) is 1.78. The summed E-state index contributed by atoms with van der Waals surface area (Å²) in [6.45, 7) is 0. The van der Waals surface area contributed by atoms with E-state index in [0.29, 0.717) is 16.9 Å². The van der Waals surface area contributed by atoms with E-state index < -0.39 is 5.66 Å². The lowest BCUT2D eigenvalue weighted by atomic mass is 9.83. The van der Waals surface area contributed by atoms with Gasteiger partial charge in [0.2, 0.25) is 0 Å². The van der Waals surface area contributed by atoms with Crippen LogP contribution in [0.2, 0.25) is 5.02 Å². The topological polar surface area (TPSA) is 121 Å². The Hall–Kier alpha value is -3.14. The summed E-state index contributed by atoms with van der Waals surface area (Å²) in [5.41, 5.74) is -0.0398. The maximum absolute atomic E-state index is 13.2. The molecule has 0 saturated heterocycles. The SMILES string of the molecule is CN1n2c(c(Cl)cc(Nc3ncnc4[nH]ncc34)c2=O)C(=O)NC12CCC2. The molecule has 0 atom stereocenters. The molecule has 1 fully saturated rings. The summed E-state index contributed by atoms with van der Waals surface area (Å²) < 4.78 is 1.34. The molecule has 11 heteroatoms. The maximum atomic E-state index is 13.2. The van der Waals surface area contributed by atoms with E-state index in [0.717, 1.165) is 19.3 Å². The van der Waals surface area contributed by atoms with E-state index in [2.05, 4.69) is 30.8 Å². The van der Waals surface area contributed by atoms with Crippen LogP contribution in [-0.2, 0) is 0 Å². The molecule has 0 radical (unpaired) electrons. The molecule has 3 aromatic heterocycles. The van der Waals surface area contributed by atoms with Gasteiger partial charge in [0, 0.05) is 7.05 Å². The van der Waals surface area contributed by atoms with E-state index >= 15 is 0 Å². The number of hydrogen-bond acceptors (Lipinski definition) is 7. The molecular weight excluding hydrogens is 372 g/mol. The molecule has 4 heterocycles. The van der Waals surface area contributed by atoms with E-state index in [-0.39, 0.29) is 27.9 Å². The standard InChI is InChI=1S/C16H15ClN8O2/c1-24-16(3-2-4-16)22-14(26)11-9(17)5-10(15(27)25(11)24)21-12-8-6-20-23-13(8)19-7-18-12/h5-7H,2-4H2,1H3,(H,22,26)(H2,18,19,20,21,23). The van der Waals surface area contributed by atoms with Crippen molar-refractivity contribution >= 4 is 40.0 Å². The number of pyridine rings is 1. The van der Waals surface area contributed by atoms with Crippen LogP contribution in [0.5, 0.6) is 0 Å². The molecule has 27 heavy (non-hydrogen) atoms. The van der Waals surface area contributed by atoms with Crippen molar-refractivity contribution < 1.29 is 4.79 Å². The fraction of sp³-hybridized carbons (Fsp3) is 0.312. The van der Waals surface area contributed by atoms with Crippen LogP contribution in [0, 0.1) is 0 Å². The van der Waals surface area contributed by atoms with Crippen LogP contribution in [0.15, 0.2) is 23.4 Å². The lowest BCUT2D eigenvalue weighted by Crippen LogP contribution is -2.72. The molecule has 2 aliphatic rings. The first-order valence-electron chi connectivity index (χ1n) is 8.43. The zero-order valence-electron chi connectivity index (χ0n) is 14.3. The van der Waals surface area contributed by atoms with Crippen LogP contribution in [0.4, 0.5) is 11.5 Å². The minimum absolute atomic E-state index is 0.128. The maximum Gasteiger partial charge on any atom is 0.293 e. The second-order valence-corrected chi connectivity index (χ2v) is 7.12. The number of nitrogens with one attached hydrogen (secondary N) is 3. The number of fused-ring (bicyclic) bond motifs is 2. The quantitative estimate of drug-likeness (QED) is 0.603. The minimum atomic E-state index is -0.539. The van der Waals surface area contributed by atoms with E-state index in [9.17, 15) is 9.59 Å². The average molecular weight is 387 g/mol. The number of carbonyl (C=O) groups is 1. The summed E-state index contributed by atoms with van der Waals surface area (Å²) in [5.74, 6) is 0.0736. The Morgan fingerprint density at radius 2 is 2.11 bits per heavy atom. The molecule has 1 saturated carbocycles. The molecular formula is C16H15ClN8O2. The van der Waals surface area contributed by atoms with Gasteiger partial charge in [-0.1, -0.05) is 11.6 Å². The largest absolute Gasteiger partial charge is 0.335 e. The van der Waals surface area contributed by atoms with Crippen LogP contribution >= 0.6 is 11.6 Å². The van der Waals surface area contributed by atoms with Gasteiger partial charge in [-0.2, -0.15) is 5.10 Å². The summed E-state index contributed by atoms with van der Waals surface area (Å²) in [4.78, 5) is 34.0. The molecule has 3 aromatic rings. The number of carbonyl (C=O) groups excluding carboxylic acids is 1. The van der Waals surface area contributed by atoms with Gasteiger partial charge < -0.3 is 10.6 Å².